The number of primary sulfonamides is 1. The van der Waals surface area contributed by atoms with Crippen LogP contribution in [-0.2, 0) is 30.8 Å². The Kier molecular flexibility index (Phi) is 8.78. The molecule has 0 saturated heterocycles. The monoisotopic (exact) mass is 344 g/mol. The van der Waals surface area contributed by atoms with Gasteiger partial charge in [-0.1, -0.05) is 19.1 Å². The molecule has 1 rings (SSSR count). The number of sulfonamides is 1. The van der Waals surface area contributed by atoms with Crippen molar-refractivity contribution in [2.45, 2.75) is 31.2 Å². The average molecular weight is 344 g/mol. The van der Waals surface area contributed by atoms with Crippen molar-refractivity contribution in [2.75, 3.05) is 26.4 Å². The first-order chi connectivity index (χ1) is 10.9. The van der Waals surface area contributed by atoms with Gasteiger partial charge in [-0.25, -0.2) is 13.6 Å². The van der Waals surface area contributed by atoms with Crippen LogP contribution in [0.1, 0.15) is 25.3 Å². The largest absolute Gasteiger partial charge is 0.379 e. The first kappa shape index (κ1) is 19.6. The second-order valence-electron chi connectivity index (χ2n) is 4.94. The molecule has 0 aromatic heterocycles. The number of hydrogen-bond acceptors (Lipinski definition) is 5. The highest BCUT2D eigenvalue weighted by atomic mass is 32.2. The fraction of sp³-hybridized carbons (Fsp3) is 0.533. The van der Waals surface area contributed by atoms with E-state index in [-0.39, 0.29) is 17.2 Å². The highest BCUT2D eigenvalue weighted by Gasteiger charge is 2.07. The molecule has 0 spiro atoms. The molecular weight excluding hydrogens is 320 g/mol. The maximum absolute atomic E-state index is 11.6. The summed E-state index contributed by atoms with van der Waals surface area (Å²) in [5.41, 5.74) is 0.791. The van der Waals surface area contributed by atoms with Crippen LogP contribution in [0.3, 0.4) is 0 Å². The minimum Gasteiger partial charge on any atom is -0.379 e. The van der Waals surface area contributed by atoms with Gasteiger partial charge in [-0.2, -0.15) is 0 Å². The molecule has 0 atom stereocenters. The molecule has 130 valence electrons. The van der Waals surface area contributed by atoms with Crippen LogP contribution in [0.25, 0.3) is 0 Å². The summed E-state index contributed by atoms with van der Waals surface area (Å²) in [5, 5.41) is 7.75. The number of amides is 1. The second kappa shape index (κ2) is 10.3. The van der Waals surface area contributed by atoms with E-state index >= 15 is 0 Å². The van der Waals surface area contributed by atoms with Crippen molar-refractivity contribution >= 4 is 15.9 Å². The van der Waals surface area contributed by atoms with Crippen LogP contribution >= 0.6 is 0 Å². The van der Waals surface area contributed by atoms with Gasteiger partial charge in [0.15, 0.2) is 0 Å². The van der Waals surface area contributed by atoms with E-state index < -0.39 is 10.0 Å². The molecule has 3 N–H and O–H groups in total. The van der Waals surface area contributed by atoms with Gasteiger partial charge in [0.2, 0.25) is 15.9 Å². The minimum atomic E-state index is -3.69. The number of nitrogens with two attached hydrogens (primary N) is 1. The number of ether oxygens (including phenoxy) is 2. The molecule has 0 heterocycles. The molecule has 8 heteroatoms. The SMILES string of the molecule is CCCOCCOCCC(=O)NCc1ccc(S(N)(=O)=O)cc1. The van der Waals surface area contributed by atoms with Crippen LogP contribution < -0.4 is 10.5 Å². The lowest BCUT2D eigenvalue weighted by Crippen LogP contribution is -2.24. The summed E-state index contributed by atoms with van der Waals surface area (Å²) >= 11 is 0. The first-order valence-corrected chi connectivity index (χ1v) is 9.02. The van der Waals surface area contributed by atoms with Gasteiger partial charge < -0.3 is 14.8 Å². The van der Waals surface area contributed by atoms with E-state index in [1.165, 1.54) is 12.1 Å². The van der Waals surface area contributed by atoms with Gasteiger partial charge >= 0.3 is 0 Å². The lowest BCUT2D eigenvalue weighted by atomic mass is 10.2. The van der Waals surface area contributed by atoms with Crippen LogP contribution in [0.15, 0.2) is 29.2 Å². The molecule has 0 fully saturated rings. The summed E-state index contributed by atoms with van der Waals surface area (Å²) in [7, 11) is -3.69. The maximum atomic E-state index is 11.6. The van der Waals surface area contributed by atoms with E-state index in [9.17, 15) is 13.2 Å². The molecule has 23 heavy (non-hydrogen) atoms. The van der Waals surface area contributed by atoms with Crippen LogP contribution in [0.2, 0.25) is 0 Å². The highest BCUT2D eigenvalue weighted by Crippen LogP contribution is 2.08. The van der Waals surface area contributed by atoms with Gasteiger partial charge in [0.25, 0.3) is 0 Å². The fourth-order valence-electron chi connectivity index (χ4n) is 1.72. The zero-order chi connectivity index (χ0) is 17.1. The number of nitrogens with one attached hydrogen (secondary N) is 1. The third kappa shape index (κ3) is 8.65. The molecule has 0 radical (unpaired) electrons. The van der Waals surface area contributed by atoms with E-state index in [1.54, 1.807) is 12.1 Å². The molecule has 0 bridgehead atoms. The van der Waals surface area contributed by atoms with Gasteiger partial charge in [0.05, 0.1) is 24.7 Å². The molecule has 7 nitrogen and oxygen atoms in total. The summed E-state index contributed by atoms with van der Waals surface area (Å²) in [6.45, 7) is 4.42. The van der Waals surface area contributed by atoms with Crippen molar-refractivity contribution < 1.29 is 22.7 Å². The van der Waals surface area contributed by atoms with Crippen molar-refractivity contribution in [1.82, 2.24) is 5.32 Å². The van der Waals surface area contributed by atoms with E-state index in [1.807, 2.05) is 6.92 Å². The quantitative estimate of drug-likeness (QED) is 0.577. The lowest BCUT2D eigenvalue weighted by Gasteiger charge is -2.07. The van der Waals surface area contributed by atoms with Crippen LogP contribution in [-0.4, -0.2) is 40.8 Å². The number of carbonyl (C=O) groups excluding carboxylic acids is 1. The lowest BCUT2D eigenvalue weighted by molar-refractivity contribution is -0.122. The molecule has 0 unspecified atom stereocenters. The van der Waals surface area contributed by atoms with Gasteiger partial charge in [0.1, 0.15) is 0 Å². The molecule has 0 aliphatic heterocycles. The third-order valence-corrected chi connectivity index (χ3v) is 3.86. The molecule has 0 aliphatic carbocycles. The van der Waals surface area contributed by atoms with E-state index in [0.29, 0.717) is 33.0 Å². The molecule has 1 amide bonds. The summed E-state index contributed by atoms with van der Waals surface area (Å²) in [5.74, 6) is -0.130. The van der Waals surface area contributed by atoms with Gasteiger partial charge in [0, 0.05) is 19.6 Å². The zero-order valence-electron chi connectivity index (χ0n) is 13.3. The third-order valence-electron chi connectivity index (χ3n) is 2.94. The Labute approximate surface area is 137 Å². The second-order valence-corrected chi connectivity index (χ2v) is 6.50. The summed E-state index contributed by atoms with van der Waals surface area (Å²) in [6, 6.07) is 6.05. The van der Waals surface area contributed by atoms with Crippen molar-refractivity contribution in [2.24, 2.45) is 5.14 Å². The standard InChI is InChI=1S/C15H24N2O5S/c1-2-8-21-10-11-22-9-7-15(18)17-12-13-3-5-14(6-4-13)23(16,19)20/h3-6H,2,7-12H2,1H3,(H,17,18)(H2,16,19,20). The fourth-order valence-corrected chi connectivity index (χ4v) is 2.23. The Hall–Kier alpha value is -1.48. The van der Waals surface area contributed by atoms with E-state index in [2.05, 4.69) is 5.32 Å². The predicted molar refractivity (Wildman–Crippen MR) is 86.2 cm³/mol. The average Bonchev–Trinajstić information content (AvgIpc) is 2.51. The summed E-state index contributed by atoms with van der Waals surface area (Å²) < 4.78 is 32.8. The zero-order valence-corrected chi connectivity index (χ0v) is 14.1. The Morgan fingerprint density at radius 2 is 1.70 bits per heavy atom. The maximum Gasteiger partial charge on any atom is 0.238 e. The number of hydrogen-bond donors (Lipinski definition) is 2. The van der Waals surface area contributed by atoms with E-state index in [0.717, 1.165) is 12.0 Å². The Morgan fingerprint density at radius 1 is 1.09 bits per heavy atom. The topological polar surface area (TPSA) is 108 Å². The van der Waals surface area contributed by atoms with Gasteiger partial charge in [-0.15, -0.1) is 0 Å². The first-order valence-electron chi connectivity index (χ1n) is 7.47. The van der Waals surface area contributed by atoms with Crippen molar-refractivity contribution in [1.29, 1.82) is 0 Å². The van der Waals surface area contributed by atoms with Crippen LogP contribution in [0, 0.1) is 0 Å². The van der Waals surface area contributed by atoms with Crippen molar-refractivity contribution in [3.63, 3.8) is 0 Å². The Balaban J connectivity index is 2.18. The molecule has 0 aliphatic rings. The summed E-state index contributed by atoms with van der Waals surface area (Å²) in [4.78, 5) is 11.7. The van der Waals surface area contributed by atoms with Crippen molar-refractivity contribution in [3.05, 3.63) is 29.8 Å². The van der Waals surface area contributed by atoms with Gasteiger partial charge in [-0.05, 0) is 24.1 Å². The summed E-state index contributed by atoms with van der Waals surface area (Å²) in [6.07, 6.45) is 1.24. The minimum absolute atomic E-state index is 0.0475. The molecule has 0 saturated carbocycles. The normalized spacial score (nSPS) is 11.4. The predicted octanol–water partition coefficient (Wildman–Crippen LogP) is 0.784. The van der Waals surface area contributed by atoms with Crippen molar-refractivity contribution in [3.8, 4) is 0 Å². The van der Waals surface area contributed by atoms with Crippen LogP contribution in [0.5, 0.6) is 0 Å². The van der Waals surface area contributed by atoms with Crippen LogP contribution in [0.4, 0.5) is 0 Å². The molecule has 1 aromatic carbocycles. The molecule has 1 aromatic rings. The van der Waals surface area contributed by atoms with E-state index in [4.69, 9.17) is 14.6 Å². The number of carbonyl (C=O) groups is 1. The Morgan fingerprint density at radius 3 is 2.26 bits per heavy atom. The highest BCUT2D eigenvalue weighted by molar-refractivity contribution is 7.89. The number of benzene rings is 1. The Bertz CT molecular complexity index is 572. The number of rotatable bonds is 11. The van der Waals surface area contributed by atoms with Gasteiger partial charge in [-0.3, -0.25) is 4.79 Å². The smallest absolute Gasteiger partial charge is 0.238 e. The molecular formula is C15H24N2O5S.